The lowest BCUT2D eigenvalue weighted by Gasteiger charge is -2.12. The fourth-order valence-corrected chi connectivity index (χ4v) is 6.48. The van der Waals surface area contributed by atoms with Gasteiger partial charge in [-0.05, 0) is 56.6 Å². The van der Waals surface area contributed by atoms with E-state index in [1.165, 1.54) is 43.1 Å². The Kier molecular flexibility index (Phi) is 4.61. The first-order valence-electron chi connectivity index (χ1n) is 13.9. The molecule has 0 radical (unpaired) electrons. The first-order chi connectivity index (χ1) is 20.3. The number of hydrogen-bond acceptors (Lipinski definition) is 2. The van der Waals surface area contributed by atoms with Crippen LogP contribution in [0.3, 0.4) is 0 Å². The fourth-order valence-electron chi connectivity index (χ4n) is 6.48. The monoisotopic (exact) mass is 521 g/mol. The molecule has 0 fully saturated rings. The molecule has 0 aliphatic carbocycles. The van der Waals surface area contributed by atoms with Gasteiger partial charge in [-0.2, -0.15) is 0 Å². The van der Waals surface area contributed by atoms with Crippen LogP contribution in [0.25, 0.3) is 82.2 Å². The van der Waals surface area contributed by atoms with Gasteiger partial charge >= 0.3 is 0 Å². The highest BCUT2D eigenvalue weighted by Crippen LogP contribution is 2.40. The molecule has 9 aromatic rings. The Morgan fingerprint density at radius 1 is 0.415 bits per heavy atom. The van der Waals surface area contributed by atoms with Gasteiger partial charge in [0.1, 0.15) is 0 Å². The Morgan fingerprint density at radius 3 is 1.63 bits per heavy atom. The quantitative estimate of drug-likeness (QED) is 0.227. The molecule has 0 bridgehead atoms. The van der Waals surface area contributed by atoms with Crippen molar-refractivity contribution >= 4 is 65.0 Å². The summed E-state index contributed by atoms with van der Waals surface area (Å²) in [6, 6.07) is 49.5. The van der Waals surface area contributed by atoms with E-state index in [1.807, 2.05) is 0 Å². The minimum absolute atomic E-state index is 0.678. The van der Waals surface area contributed by atoms with Crippen LogP contribution in [0.1, 0.15) is 0 Å². The summed E-state index contributed by atoms with van der Waals surface area (Å²) in [4.78, 5) is 10.5. The van der Waals surface area contributed by atoms with Crippen LogP contribution in [0.5, 0.6) is 0 Å². The van der Waals surface area contributed by atoms with E-state index in [9.17, 15) is 0 Å². The predicted molar refractivity (Wildman–Crippen MR) is 172 cm³/mol. The Hall–Kier alpha value is -5.54. The molecule has 0 N–H and O–H groups in total. The molecule has 0 atom stereocenters. The lowest BCUT2D eigenvalue weighted by molar-refractivity contribution is 1.01. The number of hydrogen-bond donors (Lipinski definition) is 0. The third-order valence-electron chi connectivity index (χ3n) is 8.36. The molecule has 3 heteroatoms. The third-order valence-corrected chi connectivity index (χ3v) is 8.36. The predicted octanol–water partition coefficient (Wildman–Crippen LogP) is 9.85. The van der Waals surface area contributed by atoms with Gasteiger partial charge in [0, 0.05) is 21.7 Å². The van der Waals surface area contributed by atoms with E-state index in [0.717, 1.165) is 33.2 Å². The highest BCUT2D eigenvalue weighted by molar-refractivity contribution is 6.28. The zero-order valence-corrected chi connectivity index (χ0v) is 22.1. The van der Waals surface area contributed by atoms with Gasteiger partial charge in [0.15, 0.2) is 0 Å². The maximum atomic E-state index is 5.33. The number of aromatic nitrogens is 3. The van der Waals surface area contributed by atoms with Gasteiger partial charge in [-0.3, -0.25) is 4.57 Å². The number of rotatable bonds is 2. The molecule has 2 heterocycles. The van der Waals surface area contributed by atoms with Crippen molar-refractivity contribution in [1.82, 2.24) is 14.5 Å². The van der Waals surface area contributed by atoms with E-state index in [2.05, 4.69) is 144 Å². The Labute approximate surface area is 235 Å². The van der Waals surface area contributed by atoms with E-state index in [1.54, 1.807) is 0 Å². The van der Waals surface area contributed by atoms with E-state index in [-0.39, 0.29) is 0 Å². The molecule has 2 aromatic heterocycles. The molecule has 0 aliphatic heterocycles. The minimum atomic E-state index is 0.678. The van der Waals surface area contributed by atoms with Crippen LogP contribution >= 0.6 is 0 Å². The van der Waals surface area contributed by atoms with Gasteiger partial charge in [0.2, 0.25) is 5.95 Å². The van der Waals surface area contributed by atoms with Crippen LogP contribution in [-0.4, -0.2) is 14.5 Å². The van der Waals surface area contributed by atoms with Crippen molar-refractivity contribution in [1.29, 1.82) is 0 Å². The van der Waals surface area contributed by atoms with Gasteiger partial charge in [-0.1, -0.05) is 115 Å². The summed E-state index contributed by atoms with van der Waals surface area (Å²) in [5.41, 5.74) is 5.16. The average Bonchev–Trinajstić information content (AvgIpc) is 3.39. The second-order valence-electron chi connectivity index (χ2n) is 10.6. The standard InChI is InChI=1S/C38H23N3/c1-2-12-27-23-28(18-17-24(27)9-1)37-31-15-7-8-16-32(31)39-38(40-37)41-33-21-19-25-10-3-5-13-29(25)35(33)36-30-14-6-4-11-26(30)20-22-34(36)41/h1-23H. The summed E-state index contributed by atoms with van der Waals surface area (Å²) in [5.74, 6) is 0.678. The molecular weight excluding hydrogens is 498 g/mol. The first kappa shape index (κ1) is 22.3. The molecule has 0 amide bonds. The van der Waals surface area contributed by atoms with E-state index in [4.69, 9.17) is 9.97 Å². The zero-order chi connectivity index (χ0) is 26.9. The number of fused-ring (bicyclic) bond motifs is 9. The molecule has 41 heavy (non-hydrogen) atoms. The van der Waals surface area contributed by atoms with Crippen molar-refractivity contribution in [2.24, 2.45) is 0 Å². The van der Waals surface area contributed by atoms with Gasteiger partial charge in [0.05, 0.1) is 22.2 Å². The number of nitrogens with zero attached hydrogens (tertiary/aromatic N) is 3. The van der Waals surface area contributed by atoms with Gasteiger partial charge < -0.3 is 0 Å². The SMILES string of the molecule is c1ccc2cc(-c3nc(-n4c5ccc6ccccc6c5c5c6ccccc6ccc54)nc4ccccc34)ccc2c1. The molecule has 0 aliphatic rings. The summed E-state index contributed by atoms with van der Waals surface area (Å²) in [7, 11) is 0. The van der Waals surface area contributed by atoms with Crippen molar-refractivity contribution < 1.29 is 0 Å². The molecule has 0 spiro atoms. The lowest BCUT2D eigenvalue weighted by atomic mass is 10.00. The largest absolute Gasteiger partial charge is 0.278 e. The smallest absolute Gasteiger partial charge is 0.235 e. The Bertz CT molecular complexity index is 2390. The normalized spacial score (nSPS) is 11.9. The van der Waals surface area contributed by atoms with Crippen LogP contribution in [0.4, 0.5) is 0 Å². The third kappa shape index (κ3) is 3.26. The van der Waals surface area contributed by atoms with Crippen LogP contribution in [0, 0.1) is 0 Å². The molecule has 7 aromatic carbocycles. The van der Waals surface area contributed by atoms with Crippen LogP contribution < -0.4 is 0 Å². The van der Waals surface area contributed by atoms with Gasteiger partial charge in [0.25, 0.3) is 0 Å². The molecule has 3 nitrogen and oxygen atoms in total. The molecule has 190 valence electrons. The van der Waals surface area contributed by atoms with Crippen molar-refractivity contribution in [2.75, 3.05) is 0 Å². The molecular formula is C38H23N3. The summed E-state index contributed by atoms with van der Waals surface area (Å²) in [6.45, 7) is 0. The maximum absolute atomic E-state index is 5.33. The highest BCUT2D eigenvalue weighted by atomic mass is 15.2. The summed E-state index contributed by atoms with van der Waals surface area (Å²) >= 11 is 0. The first-order valence-corrected chi connectivity index (χ1v) is 13.9. The molecule has 0 unspecified atom stereocenters. The van der Waals surface area contributed by atoms with Crippen molar-refractivity contribution in [3.8, 4) is 17.2 Å². The van der Waals surface area contributed by atoms with Crippen LogP contribution in [0.15, 0.2) is 140 Å². The van der Waals surface area contributed by atoms with Crippen molar-refractivity contribution in [3.05, 3.63) is 140 Å². The zero-order valence-electron chi connectivity index (χ0n) is 22.1. The summed E-state index contributed by atoms with van der Waals surface area (Å²) < 4.78 is 2.25. The second-order valence-corrected chi connectivity index (χ2v) is 10.6. The van der Waals surface area contributed by atoms with E-state index in [0.29, 0.717) is 5.95 Å². The van der Waals surface area contributed by atoms with Crippen molar-refractivity contribution in [3.63, 3.8) is 0 Å². The molecule has 9 rings (SSSR count). The fraction of sp³-hybridized carbons (Fsp3) is 0. The van der Waals surface area contributed by atoms with Gasteiger partial charge in [-0.15, -0.1) is 0 Å². The van der Waals surface area contributed by atoms with E-state index < -0.39 is 0 Å². The number of para-hydroxylation sites is 1. The topological polar surface area (TPSA) is 30.7 Å². The van der Waals surface area contributed by atoms with Crippen LogP contribution in [0.2, 0.25) is 0 Å². The molecule has 0 saturated carbocycles. The molecule has 0 saturated heterocycles. The maximum Gasteiger partial charge on any atom is 0.235 e. The average molecular weight is 522 g/mol. The minimum Gasteiger partial charge on any atom is -0.278 e. The Morgan fingerprint density at radius 2 is 0.951 bits per heavy atom. The van der Waals surface area contributed by atoms with Crippen LogP contribution in [-0.2, 0) is 0 Å². The highest BCUT2D eigenvalue weighted by Gasteiger charge is 2.20. The van der Waals surface area contributed by atoms with Crippen molar-refractivity contribution in [2.45, 2.75) is 0 Å². The summed E-state index contributed by atoms with van der Waals surface area (Å²) in [6.07, 6.45) is 0. The second kappa shape index (κ2) is 8.48. The Balaban J connectivity index is 1.44. The lowest BCUT2D eigenvalue weighted by Crippen LogP contribution is -2.03. The van der Waals surface area contributed by atoms with Gasteiger partial charge in [-0.25, -0.2) is 9.97 Å². The summed E-state index contributed by atoms with van der Waals surface area (Å²) in [5, 5.41) is 10.9. The van der Waals surface area contributed by atoms with E-state index >= 15 is 0 Å². The number of benzene rings is 7.